The molecular formula is C19H27NO6. The number of nitrogens with zero attached hydrogens (tertiary/aromatic N) is 1. The van der Waals surface area contributed by atoms with E-state index in [0.29, 0.717) is 18.1 Å². The number of benzene rings is 1. The molecule has 1 rings (SSSR count). The van der Waals surface area contributed by atoms with Crippen molar-refractivity contribution in [2.45, 2.75) is 26.4 Å². The highest BCUT2D eigenvalue weighted by Gasteiger charge is 2.15. The van der Waals surface area contributed by atoms with Crippen LogP contribution in [-0.4, -0.2) is 61.9 Å². The van der Waals surface area contributed by atoms with Crippen LogP contribution in [0.3, 0.4) is 0 Å². The molecule has 7 heteroatoms. The quantitative estimate of drug-likeness (QED) is 0.503. The Balaban J connectivity index is 2.84. The number of hydrogen-bond donors (Lipinski definition) is 1. The van der Waals surface area contributed by atoms with Gasteiger partial charge in [-0.25, -0.2) is 0 Å². The number of aliphatic hydroxyl groups is 1. The summed E-state index contributed by atoms with van der Waals surface area (Å²) in [6, 6.07) is 5.35. The fraction of sp³-hybridized carbons (Fsp3) is 0.474. The molecule has 26 heavy (non-hydrogen) atoms. The van der Waals surface area contributed by atoms with E-state index >= 15 is 0 Å². The highest BCUT2D eigenvalue weighted by molar-refractivity contribution is 5.92. The lowest BCUT2D eigenvalue weighted by atomic mass is 10.2. The summed E-state index contributed by atoms with van der Waals surface area (Å²) in [7, 11) is 2.84. The van der Waals surface area contributed by atoms with Crippen molar-refractivity contribution in [1.29, 1.82) is 0 Å². The van der Waals surface area contributed by atoms with Crippen molar-refractivity contribution in [3.05, 3.63) is 29.8 Å². The summed E-state index contributed by atoms with van der Waals surface area (Å²) < 4.78 is 15.3. The number of esters is 1. The number of hydrogen-bond acceptors (Lipinski definition) is 6. The largest absolute Gasteiger partial charge is 0.493 e. The van der Waals surface area contributed by atoms with E-state index < -0.39 is 12.1 Å². The summed E-state index contributed by atoms with van der Waals surface area (Å²) >= 11 is 0. The van der Waals surface area contributed by atoms with Crippen molar-refractivity contribution in [2.75, 3.05) is 33.9 Å². The number of methoxy groups -OCH3 is 2. The van der Waals surface area contributed by atoms with Gasteiger partial charge < -0.3 is 24.2 Å². The Hall–Kier alpha value is -2.54. The summed E-state index contributed by atoms with van der Waals surface area (Å²) in [4.78, 5) is 25.1. The third-order valence-electron chi connectivity index (χ3n) is 3.52. The molecule has 1 amide bonds. The lowest BCUT2D eigenvalue weighted by molar-refractivity contribution is -0.141. The molecule has 1 unspecified atom stereocenters. The predicted molar refractivity (Wildman–Crippen MR) is 98.1 cm³/mol. The number of aliphatic hydroxyl groups excluding tert-OH is 1. The van der Waals surface area contributed by atoms with Crippen molar-refractivity contribution < 1.29 is 28.9 Å². The third-order valence-corrected chi connectivity index (χ3v) is 3.52. The minimum atomic E-state index is -0.699. The Morgan fingerprint density at radius 1 is 1.27 bits per heavy atom. The first kappa shape index (κ1) is 21.5. The van der Waals surface area contributed by atoms with Crippen LogP contribution >= 0.6 is 0 Å². The molecule has 0 aliphatic carbocycles. The zero-order valence-electron chi connectivity index (χ0n) is 15.7. The van der Waals surface area contributed by atoms with E-state index in [1.807, 2.05) is 13.0 Å². The first-order chi connectivity index (χ1) is 12.4. The van der Waals surface area contributed by atoms with Gasteiger partial charge in [0.1, 0.15) is 0 Å². The monoisotopic (exact) mass is 365 g/mol. The van der Waals surface area contributed by atoms with Gasteiger partial charge >= 0.3 is 5.97 Å². The molecule has 1 aromatic rings. The van der Waals surface area contributed by atoms with E-state index in [1.165, 1.54) is 18.1 Å². The zero-order valence-corrected chi connectivity index (χ0v) is 15.7. The highest BCUT2D eigenvalue weighted by Crippen LogP contribution is 2.28. The highest BCUT2D eigenvalue weighted by atomic mass is 16.5. The fourth-order valence-corrected chi connectivity index (χ4v) is 2.27. The van der Waals surface area contributed by atoms with Crippen LogP contribution in [0.25, 0.3) is 6.08 Å². The summed E-state index contributed by atoms with van der Waals surface area (Å²) in [6.07, 6.45) is 2.41. The van der Waals surface area contributed by atoms with Gasteiger partial charge in [0.15, 0.2) is 11.5 Å². The Bertz CT molecular complexity index is 626. The Morgan fingerprint density at radius 2 is 2.00 bits per heavy atom. The molecule has 0 aromatic heterocycles. The fourth-order valence-electron chi connectivity index (χ4n) is 2.27. The van der Waals surface area contributed by atoms with Gasteiger partial charge in [-0.1, -0.05) is 6.07 Å². The molecule has 0 bridgehead atoms. The SMILES string of the molecule is CCOc1ccc(/C=C/C(=O)N(CCC(=O)OC)CC(C)O)cc1OC. The van der Waals surface area contributed by atoms with Crippen LogP contribution in [0, 0.1) is 0 Å². The molecule has 0 aliphatic rings. The van der Waals surface area contributed by atoms with Gasteiger partial charge in [0.2, 0.25) is 5.91 Å². The van der Waals surface area contributed by atoms with Crippen molar-refractivity contribution >= 4 is 18.0 Å². The summed E-state index contributed by atoms with van der Waals surface area (Å²) in [5, 5.41) is 9.56. The third kappa shape index (κ3) is 7.14. The van der Waals surface area contributed by atoms with E-state index in [-0.39, 0.29) is 25.4 Å². The number of carbonyl (C=O) groups excluding carboxylic acids is 2. The lowest BCUT2D eigenvalue weighted by Crippen LogP contribution is -2.37. The minimum absolute atomic E-state index is 0.0691. The second kappa shape index (κ2) is 11.1. The topological polar surface area (TPSA) is 85.3 Å². The van der Waals surface area contributed by atoms with E-state index in [2.05, 4.69) is 4.74 Å². The van der Waals surface area contributed by atoms with E-state index in [1.54, 1.807) is 32.2 Å². The van der Waals surface area contributed by atoms with Crippen molar-refractivity contribution in [2.24, 2.45) is 0 Å². The summed E-state index contributed by atoms with van der Waals surface area (Å²) in [6.45, 7) is 4.30. The molecule has 0 radical (unpaired) electrons. The Kier molecular flexibility index (Phi) is 9.22. The van der Waals surface area contributed by atoms with Crippen molar-refractivity contribution in [1.82, 2.24) is 4.90 Å². The number of carbonyl (C=O) groups is 2. The van der Waals surface area contributed by atoms with E-state index in [9.17, 15) is 14.7 Å². The first-order valence-corrected chi connectivity index (χ1v) is 8.44. The van der Waals surface area contributed by atoms with Gasteiger partial charge in [-0.3, -0.25) is 9.59 Å². The molecule has 1 N–H and O–H groups in total. The number of ether oxygens (including phenoxy) is 3. The van der Waals surface area contributed by atoms with Crippen LogP contribution in [-0.2, 0) is 14.3 Å². The molecule has 0 saturated heterocycles. The van der Waals surface area contributed by atoms with Gasteiger partial charge in [0.05, 0.1) is 33.4 Å². The number of amides is 1. The van der Waals surface area contributed by atoms with E-state index in [0.717, 1.165) is 5.56 Å². The summed E-state index contributed by atoms with van der Waals surface area (Å²) in [5.74, 6) is 0.497. The molecule has 1 aromatic carbocycles. The van der Waals surface area contributed by atoms with Crippen LogP contribution in [0.15, 0.2) is 24.3 Å². The second-order valence-electron chi connectivity index (χ2n) is 5.64. The average Bonchev–Trinajstić information content (AvgIpc) is 2.63. The molecule has 144 valence electrons. The molecule has 7 nitrogen and oxygen atoms in total. The van der Waals surface area contributed by atoms with E-state index in [4.69, 9.17) is 9.47 Å². The molecule has 0 fully saturated rings. The Labute approximate surface area is 154 Å². The van der Waals surface area contributed by atoms with Gasteiger partial charge in [-0.2, -0.15) is 0 Å². The van der Waals surface area contributed by atoms with Crippen LogP contribution in [0.1, 0.15) is 25.8 Å². The Morgan fingerprint density at radius 3 is 2.58 bits per heavy atom. The van der Waals surface area contributed by atoms with Gasteiger partial charge in [0, 0.05) is 19.2 Å². The van der Waals surface area contributed by atoms with Crippen molar-refractivity contribution in [3.63, 3.8) is 0 Å². The molecule has 0 spiro atoms. The lowest BCUT2D eigenvalue weighted by Gasteiger charge is -2.22. The van der Waals surface area contributed by atoms with Crippen LogP contribution in [0.4, 0.5) is 0 Å². The zero-order chi connectivity index (χ0) is 19.5. The molecule has 0 saturated carbocycles. The normalized spacial score (nSPS) is 11.9. The first-order valence-electron chi connectivity index (χ1n) is 8.44. The standard InChI is InChI=1S/C19H27NO6/c1-5-26-16-8-6-15(12-17(16)24-3)7-9-18(22)20(13-14(2)21)11-10-19(23)25-4/h6-9,12,14,21H,5,10-11,13H2,1-4H3/b9-7+. The second-order valence-corrected chi connectivity index (χ2v) is 5.64. The average molecular weight is 365 g/mol. The van der Waals surface area contributed by atoms with Crippen molar-refractivity contribution in [3.8, 4) is 11.5 Å². The molecule has 1 atom stereocenters. The smallest absolute Gasteiger partial charge is 0.307 e. The number of rotatable bonds is 10. The van der Waals surface area contributed by atoms with Gasteiger partial charge in [-0.05, 0) is 37.6 Å². The molecule has 0 heterocycles. The predicted octanol–water partition coefficient (Wildman–Crippen LogP) is 1.88. The maximum atomic E-state index is 12.4. The van der Waals surface area contributed by atoms with Gasteiger partial charge in [-0.15, -0.1) is 0 Å². The molecule has 0 aliphatic heterocycles. The maximum Gasteiger partial charge on any atom is 0.307 e. The maximum absolute atomic E-state index is 12.4. The van der Waals surface area contributed by atoms with Crippen LogP contribution in [0.2, 0.25) is 0 Å². The molecular weight excluding hydrogens is 338 g/mol. The van der Waals surface area contributed by atoms with Gasteiger partial charge in [0.25, 0.3) is 0 Å². The van der Waals surface area contributed by atoms with Crippen LogP contribution in [0.5, 0.6) is 11.5 Å². The summed E-state index contributed by atoms with van der Waals surface area (Å²) in [5.41, 5.74) is 0.767. The van der Waals surface area contributed by atoms with Crippen LogP contribution < -0.4 is 9.47 Å². The minimum Gasteiger partial charge on any atom is -0.493 e.